The number of pyridine rings is 1. The van der Waals surface area contributed by atoms with Crippen LogP contribution in [0.3, 0.4) is 0 Å². The van der Waals surface area contributed by atoms with Gasteiger partial charge in [-0.3, -0.25) is 9.78 Å². The van der Waals surface area contributed by atoms with Crippen molar-refractivity contribution in [2.24, 2.45) is 0 Å². The standard InChI is InChI=1S/C17H24N4O3/c1-17(2,3)24-16(23)20(4)13-15(22)21(10-6-8-18)12-14-7-5-9-19-11-14/h5,7,9,11H,6,10,12-13H2,1-4H3. The van der Waals surface area contributed by atoms with Crippen LogP contribution in [0.5, 0.6) is 0 Å². The molecule has 0 aliphatic rings. The maximum atomic E-state index is 12.5. The minimum atomic E-state index is -0.620. The van der Waals surface area contributed by atoms with E-state index in [1.54, 1.807) is 44.1 Å². The second kappa shape index (κ2) is 8.87. The van der Waals surface area contributed by atoms with Crippen LogP contribution in [-0.4, -0.2) is 52.5 Å². The SMILES string of the molecule is CN(CC(=O)N(CCC#N)Cc1cccnc1)C(=O)OC(C)(C)C. The molecule has 7 heteroatoms. The third-order valence-corrected chi connectivity index (χ3v) is 3.02. The number of hydrogen-bond donors (Lipinski definition) is 0. The Bertz CT molecular complexity index is 590. The molecular weight excluding hydrogens is 308 g/mol. The van der Waals surface area contributed by atoms with Crippen LogP contribution in [0.2, 0.25) is 0 Å². The van der Waals surface area contributed by atoms with Crippen molar-refractivity contribution in [1.82, 2.24) is 14.8 Å². The van der Waals surface area contributed by atoms with E-state index in [-0.39, 0.29) is 18.9 Å². The number of amides is 2. The fourth-order valence-corrected chi connectivity index (χ4v) is 1.90. The van der Waals surface area contributed by atoms with Crippen LogP contribution in [0.25, 0.3) is 0 Å². The summed E-state index contributed by atoms with van der Waals surface area (Å²) in [4.78, 5) is 31.2. The highest BCUT2D eigenvalue weighted by Crippen LogP contribution is 2.10. The van der Waals surface area contributed by atoms with Gasteiger partial charge in [-0.2, -0.15) is 5.26 Å². The molecule has 0 atom stereocenters. The number of rotatable bonds is 6. The summed E-state index contributed by atoms with van der Waals surface area (Å²) in [6.45, 7) is 5.83. The van der Waals surface area contributed by atoms with E-state index in [9.17, 15) is 9.59 Å². The Labute approximate surface area is 142 Å². The average molecular weight is 332 g/mol. The first-order valence-electron chi connectivity index (χ1n) is 7.70. The molecule has 1 rings (SSSR count). The third-order valence-electron chi connectivity index (χ3n) is 3.02. The van der Waals surface area contributed by atoms with Crippen LogP contribution < -0.4 is 0 Å². The number of carbonyl (C=O) groups is 2. The van der Waals surface area contributed by atoms with E-state index < -0.39 is 11.7 Å². The Morgan fingerprint density at radius 1 is 1.38 bits per heavy atom. The van der Waals surface area contributed by atoms with E-state index in [2.05, 4.69) is 4.98 Å². The molecule has 1 aromatic heterocycles. The van der Waals surface area contributed by atoms with E-state index in [0.29, 0.717) is 13.1 Å². The first-order chi connectivity index (χ1) is 11.2. The molecule has 1 heterocycles. The molecule has 0 unspecified atom stereocenters. The second-order valence-electron chi connectivity index (χ2n) is 6.42. The summed E-state index contributed by atoms with van der Waals surface area (Å²) in [5.41, 5.74) is 0.244. The van der Waals surface area contributed by atoms with Gasteiger partial charge in [0.25, 0.3) is 0 Å². The van der Waals surface area contributed by atoms with E-state index in [1.165, 1.54) is 11.9 Å². The fourth-order valence-electron chi connectivity index (χ4n) is 1.90. The predicted octanol–water partition coefficient (Wildman–Crippen LogP) is 2.19. The van der Waals surface area contributed by atoms with Crippen molar-refractivity contribution in [2.45, 2.75) is 39.3 Å². The lowest BCUT2D eigenvalue weighted by Crippen LogP contribution is -2.43. The molecule has 7 nitrogen and oxygen atoms in total. The van der Waals surface area contributed by atoms with Crippen LogP contribution in [0, 0.1) is 11.3 Å². The van der Waals surface area contributed by atoms with Gasteiger partial charge >= 0.3 is 6.09 Å². The minimum absolute atomic E-state index is 0.111. The predicted molar refractivity (Wildman–Crippen MR) is 88.7 cm³/mol. The second-order valence-corrected chi connectivity index (χ2v) is 6.42. The van der Waals surface area contributed by atoms with Gasteiger partial charge in [-0.15, -0.1) is 0 Å². The lowest BCUT2D eigenvalue weighted by Gasteiger charge is -2.27. The molecule has 0 aromatic carbocycles. The zero-order chi connectivity index (χ0) is 18.2. The monoisotopic (exact) mass is 332 g/mol. The summed E-state index contributed by atoms with van der Waals surface area (Å²) < 4.78 is 5.23. The van der Waals surface area contributed by atoms with Crippen molar-refractivity contribution in [3.63, 3.8) is 0 Å². The third kappa shape index (κ3) is 7.09. The van der Waals surface area contributed by atoms with Crippen molar-refractivity contribution in [2.75, 3.05) is 20.1 Å². The highest BCUT2D eigenvalue weighted by molar-refractivity contribution is 5.82. The topological polar surface area (TPSA) is 86.5 Å². The Morgan fingerprint density at radius 2 is 2.08 bits per heavy atom. The van der Waals surface area contributed by atoms with Crippen LogP contribution in [-0.2, 0) is 16.1 Å². The van der Waals surface area contributed by atoms with Crippen molar-refractivity contribution >= 4 is 12.0 Å². The largest absolute Gasteiger partial charge is 0.444 e. The summed E-state index contributed by atoms with van der Waals surface area (Å²) >= 11 is 0. The van der Waals surface area contributed by atoms with Gasteiger partial charge < -0.3 is 14.5 Å². The number of carbonyl (C=O) groups excluding carboxylic acids is 2. The van der Waals surface area contributed by atoms with Crippen molar-refractivity contribution in [3.8, 4) is 6.07 Å². The zero-order valence-corrected chi connectivity index (χ0v) is 14.7. The van der Waals surface area contributed by atoms with Crippen LogP contribution in [0.1, 0.15) is 32.8 Å². The Hall–Kier alpha value is -2.62. The van der Waals surface area contributed by atoms with Gasteiger partial charge in [-0.05, 0) is 32.4 Å². The van der Waals surface area contributed by atoms with Gasteiger partial charge in [-0.1, -0.05) is 6.07 Å². The van der Waals surface area contributed by atoms with E-state index in [4.69, 9.17) is 10.00 Å². The summed E-state index contributed by atoms with van der Waals surface area (Å²) in [5, 5.41) is 8.78. The number of aromatic nitrogens is 1. The minimum Gasteiger partial charge on any atom is -0.444 e. The lowest BCUT2D eigenvalue weighted by molar-refractivity contribution is -0.132. The van der Waals surface area contributed by atoms with Crippen LogP contribution in [0.4, 0.5) is 4.79 Å². The molecular formula is C17H24N4O3. The fraction of sp³-hybridized carbons (Fsp3) is 0.529. The van der Waals surface area contributed by atoms with Crippen molar-refractivity contribution in [3.05, 3.63) is 30.1 Å². The Balaban J connectivity index is 2.70. The first kappa shape index (κ1) is 19.4. The van der Waals surface area contributed by atoms with Crippen LogP contribution in [0.15, 0.2) is 24.5 Å². The Morgan fingerprint density at radius 3 is 2.62 bits per heavy atom. The highest BCUT2D eigenvalue weighted by atomic mass is 16.6. The normalized spacial score (nSPS) is 10.6. The van der Waals surface area contributed by atoms with Crippen LogP contribution >= 0.6 is 0 Å². The van der Waals surface area contributed by atoms with Gasteiger partial charge in [0.15, 0.2) is 0 Å². The summed E-state index contributed by atoms with van der Waals surface area (Å²) in [6, 6.07) is 5.68. The maximum absolute atomic E-state index is 12.5. The Kier molecular flexibility index (Phi) is 7.18. The van der Waals surface area contributed by atoms with E-state index in [1.807, 2.05) is 12.1 Å². The molecule has 0 aliphatic carbocycles. The van der Waals surface area contributed by atoms with Gasteiger partial charge in [0.1, 0.15) is 12.1 Å². The number of hydrogen-bond acceptors (Lipinski definition) is 5. The first-order valence-corrected chi connectivity index (χ1v) is 7.70. The van der Waals surface area contributed by atoms with Gasteiger partial charge in [0, 0.05) is 32.5 Å². The van der Waals surface area contributed by atoms with E-state index >= 15 is 0 Å². The molecule has 0 N–H and O–H groups in total. The van der Waals surface area contributed by atoms with Crippen molar-refractivity contribution in [1.29, 1.82) is 5.26 Å². The molecule has 0 fully saturated rings. The molecule has 24 heavy (non-hydrogen) atoms. The number of nitriles is 1. The lowest BCUT2D eigenvalue weighted by atomic mass is 10.2. The number of nitrogens with zero attached hydrogens (tertiary/aromatic N) is 4. The zero-order valence-electron chi connectivity index (χ0n) is 14.7. The molecule has 0 bridgehead atoms. The number of likely N-dealkylation sites (N-methyl/N-ethyl adjacent to an activating group) is 1. The van der Waals surface area contributed by atoms with Crippen molar-refractivity contribution < 1.29 is 14.3 Å². The van der Waals surface area contributed by atoms with Gasteiger partial charge in [-0.25, -0.2) is 4.79 Å². The molecule has 1 aromatic rings. The molecule has 0 saturated carbocycles. The average Bonchev–Trinajstić information content (AvgIpc) is 2.50. The van der Waals surface area contributed by atoms with E-state index in [0.717, 1.165) is 5.56 Å². The summed E-state index contributed by atoms with van der Waals surface area (Å²) in [5.74, 6) is -0.248. The molecule has 2 amide bonds. The van der Waals surface area contributed by atoms with Gasteiger partial charge in [0.2, 0.25) is 5.91 Å². The maximum Gasteiger partial charge on any atom is 0.410 e. The smallest absolute Gasteiger partial charge is 0.410 e. The quantitative estimate of drug-likeness (QED) is 0.797. The number of ether oxygens (including phenoxy) is 1. The molecule has 0 spiro atoms. The molecule has 0 aliphatic heterocycles. The van der Waals surface area contributed by atoms with Gasteiger partial charge in [0.05, 0.1) is 12.5 Å². The molecule has 0 saturated heterocycles. The molecule has 0 radical (unpaired) electrons. The molecule has 130 valence electrons. The summed E-state index contributed by atoms with van der Waals surface area (Å²) in [6.07, 6.45) is 2.99. The highest BCUT2D eigenvalue weighted by Gasteiger charge is 2.23. The summed E-state index contributed by atoms with van der Waals surface area (Å²) in [7, 11) is 1.51.